The predicted octanol–water partition coefficient (Wildman–Crippen LogP) is 3.72. The van der Waals surface area contributed by atoms with Crippen LogP contribution in [0.25, 0.3) is 0 Å². The first-order valence-corrected chi connectivity index (χ1v) is 5.23. The highest BCUT2D eigenvalue weighted by Gasteiger charge is 2.32. The van der Waals surface area contributed by atoms with Gasteiger partial charge >= 0.3 is 6.36 Å². The highest BCUT2D eigenvalue weighted by molar-refractivity contribution is 9.08. The Morgan fingerprint density at radius 1 is 1.40 bits per heavy atom. The maximum Gasteiger partial charge on any atom is 0.573 e. The quantitative estimate of drug-likeness (QED) is 0.667. The molecule has 0 saturated carbocycles. The molecule has 0 spiro atoms. The molecular formula is C8H6BrClF3NO. The molecule has 1 rings (SSSR count). The van der Waals surface area contributed by atoms with Crippen molar-refractivity contribution in [3.8, 4) is 5.75 Å². The molecule has 1 aromatic carbocycles. The van der Waals surface area contributed by atoms with E-state index in [1.54, 1.807) is 0 Å². The van der Waals surface area contributed by atoms with Crippen LogP contribution in [-0.2, 0) is 5.33 Å². The molecule has 0 fully saturated rings. The number of nitrogen functional groups attached to an aromatic ring is 1. The summed E-state index contributed by atoms with van der Waals surface area (Å²) in [6.45, 7) is 0. The summed E-state index contributed by atoms with van der Waals surface area (Å²) >= 11 is 8.85. The second-order valence-electron chi connectivity index (χ2n) is 2.63. The third kappa shape index (κ3) is 3.17. The van der Waals surface area contributed by atoms with Crippen molar-refractivity contribution in [2.75, 3.05) is 5.73 Å². The summed E-state index contributed by atoms with van der Waals surface area (Å²) in [7, 11) is 0. The molecule has 0 atom stereocenters. The molecule has 0 bridgehead atoms. The summed E-state index contributed by atoms with van der Waals surface area (Å²) < 4.78 is 39.4. The minimum absolute atomic E-state index is 0.0635. The topological polar surface area (TPSA) is 35.2 Å². The fourth-order valence-electron chi connectivity index (χ4n) is 0.937. The molecule has 7 heteroatoms. The lowest BCUT2D eigenvalue weighted by Crippen LogP contribution is -2.18. The normalized spacial score (nSPS) is 11.5. The Balaban J connectivity index is 3.07. The lowest BCUT2D eigenvalue weighted by Gasteiger charge is -2.13. The number of benzene rings is 1. The Morgan fingerprint density at radius 3 is 2.47 bits per heavy atom. The van der Waals surface area contributed by atoms with Gasteiger partial charge in [-0.25, -0.2) is 0 Å². The van der Waals surface area contributed by atoms with Gasteiger partial charge in [0, 0.05) is 5.33 Å². The van der Waals surface area contributed by atoms with Crippen LogP contribution in [0, 0.1) is 0 Å². The highest BCUT2D eigenvalue weighted by atomic mass is 79.9. The van der Waals surface area contributed by atoms with Crippen LogP contribution in [0.3, 0.4) is 0 Å². The Labute approximate surface area is 97.3 Å². The number of alkyl halides is 4. The average Bonchev–Trinajstić information content (AvgIpc) is 2.11. The van der Waals surface area contributed by atoms with Crippen LogP contribution >= 0.6 is 27.5 Å². The van der Waals surface area contributed by atoms with E-state index in [1.165, 1.54) is 6.07 Å². The summed E-state index contributed by atoms with van der Waals surface area (Å²) in [5.41, 5.74) is 5.77. The number of ether oxygens (including phenoxy) is 1. The fraction of sp³-hybridized carbons (Fsp3) is 0.250. The Hall–Kier alpha value is -0.620. The summed E-state index contributed by atoms with van der Waals surface area (Å²) in [5.74, 6) is -0.489. The SMILES string of the molecule is Nc1c(OC(F)(F)F)ccc(CBr)c1Cl. The van der Waals surface area contributed by atoms with E-state index in [9.17, 15) is 13.2 Å². The van der Waals surface area contributed by atoms with Gasteiger partial charge in [0.2, 0.25) is 0 Å². The summed E-state index contributed by atoms with van der Waals surface area (Å²) in [4.78, 5) is 0. The van der Waals surface area contributed by atoms with Crippen molar-refractivity contribution in [3.63, 3.8) is 0 Å². The van der Waals surface area contributed by atoms with Crippen LogP contribution in [0.4, 0.5) is 18.9 Å². The molecule has 0 aliphatic rings. The van der Waals surface area contributed by atoms with Gasteiger partial charge in [-0.05, 0) is 11.6 Å². The van der Waals surface area contributed by atoms with Gasteiger partial charge in [0.05, 0.1) is 10.7 Å². The largest absolute Gasteiger partial charge is 0.573 e. The van der Waals surface area contributed by atoms with Gasteiger partial charge in [0.15, 0.2) is 5.75 Å². The van der Waals surface area contributed by atoms with E-state index < -0.39 is 12.1 Å². The molecular weight excluding hydrogens is 298 g/mol. The van der Waals surface area contributed by atoms with Gasteiger partial charge in [-0.1, -0.05) is 33.6 Å². The van der Waals surface area contributed by atoms with E-state index in [1.807, 2.05) is 0 Å². The number of anilines is 1. The van der Waals surface area contributed by atoms with Crippen LogP contribution in [0.2, 0.25) is 5.02 Å². The molecule has 2 N–H and O–H groups in total. The van der Waals surface area contributed by atoms with Gasteiger partial charge in [-0.3, -0.25) is 0 Å². The molecule has 2 nitrogen and oxygen atoms in total. The highest BCUT2D eigenvalue weighted by Crippen LogP contribution is 2.36. The fourth-order valence-corrected chi connectivity index (χ4v) is 1.79. The molecule has 0 unspecified atom stereocenters. The number of hydrogen-bond donors (Lipinski definition) is 1. The number of halogens is 5. The van der Waals surface area contributed by atoms with Gasteiger partial charge in [0.1, 0.15) is 0 Å². The second-order valence-corrected chi connectivity index (χ2v) is 3.57. The van der Waals surface area contributed by atoms with Crippen molar-refractivity contribution in [3.05, 3.63) is 22.7 Å². The first-order chi connectivity index (χ1) is 6.85. The summed E-state index contributed by atoms with van der Waals surface area (Å²) in [6.07, 6.45) is -4.77. The van der Waals surface area contributed by atoms with Gasteiger partial charge in [-0.15, -0.1) is 13.2 Å². The summed E-state index contributed by atoms with van der Waals surface area (Å²) in [5, 5.41) is 0.469. The minimum Gasteiger partial charge on any atom is -0.404 e. The molecule has 0 radical (unpaired) electrons. The maximum absolute atomic E-state index is 11.9. The zero-order chi connectivity index (χ0) is 11.6. The van der Waals surface area contributed by atoms with Gasteiger partial charge < -0.3 is 10.5 Å². The predicted molar refractivity (Wildman–Crippen MR) is 55.2 cm³/mol. The van der Waals surface area contributed by atoms with Crippen molar-refractivity contribution in [1.29, 1.82) is 0 Å². The molecule has 15 heavy (non-hydrogen) atoms. The lowest BCUT2D eigenvalue weighted by atomic mass is 10.2. The smallest absolute Gasteiger partial charge is 0.404 e. The number of rotatable bonds is 2. The molecule has 0 aromatic heterocycles. The van der Waals surface area contributed by atoms with Crippen LogP contribution in [-0.4, -0.2) is 6.36 Å². The molecule has 84 valence electrons. The molecule has 0 aliphatic carbocycles. The van der Waals surface area contributed by atoms with Crippen LogP contribution in [0.1, 0.15) is 5.56 Å². The van der Waals surface area contributed by atoms with E-state index in [0.29, 0.717) is 10.9 Å². The van der Waals surface area contributed by atoms with E-state index in [2.05, 4.69) is 20.7 Å². The Bertz CT molecular complexity index is 370. The zero-order valence-corrected chi connectivity index (χ0v) is 9.58. The molecule has 1 aromatic rings. The average molecular weight is 304 g/mol. The monoisotopic (exact) mass is 303 g/mol. The number of hydrogen-bond acceptors (Lipinski definition) is 2. The van der Waals surface area contributed by atoms with E-state index in [-0.39, 0.29) is 10.7 Å². The van der Waals surface area contributed by atoms with Crippen LogP contribution in [0.15, 0.2) is 12.1 Å². The molecule has 0 amide bonds. The standard InChI is InChI=1S/C8H6BrClF3NO/c9-3-4-1-2-5(7(14)6(4)10)15-8(11,12)13/h1-2H,3,14H2. The van der Waals surface area contributed by atoms with Crippen molar-refractivity contribution >= 4 is 33.2 Å². The van der Waals surface area contributed by atoms with Crippen molar-refractivity contribution in [2.24, 2.45) is 0 Å². The molecule has 0 aliphatic heterocycles. The van der Waals surface area contributed by atoms with Crippen molar-refractivity contribution in [1.82, 2.24) is 0 Å². The second kappa shape index (κ2) is 4.49. The van der Waals surface area contributed by atoms with Gasteiger partial charge in [0.25, 0.3) is 0 Å². The van der Waals surface area contributed by atoms with Crippen LogP contribution in [0.5, 0.6) is 5.75 Å². The van der Waals surface area contributed by atoms with E-state index >= 15 is 0 Å². The first kappa shape index (κ1) is 12.4. The van der Waals surface area contributed by atoms with Crippen molar-refractivity contribution in [2.45, 2.75) is 11.7 Å². The zero-order valence-electron chi connectivity index (χ0n) is 7.24. The van der Waals surface area contributed by atoms with E-state index in [0.717, 1.165) is 6.07 Å². The Kier molecular flexibility index (Phi) is 3.72. The van der Waals surface area contributed by atoms with Crippen LogP contribution < -0.4 is 10.5 Å². The first-order valence-electron chi connectivity index (χ1n) is 3.73. The summed E-state index contributed by atoms with van der Waals surface area (Å²) in [6, 6.07) is 2.54. The van der Waals surface area contributed by atoms with Gasteiger partial charge in [-0.2, -0.15) is 0 Å². The number of nitrogens with two attached hydrogens (primary N) is 1. The van der Waals surface area contributed by atoms with E-state index in [4.69, 9.17) is 17.3 Å². The minimum atomic E-state index is -4.77. The lowest BCUT2D eigenvalue weighted by molar-refractivity contribution is -0.274. The third-order valence-electron chi connectivity index (χ3n) is 1.59. The van der Waals surface area contributed by atoms with Crippen molar-refractivity contribution < 1.29 is 17.9 Å². The maximum atomic E-state index is 11.9. The molecule has 0 saturated heterocycles. The Morgan fingerprint density at radius 2 is 2.00 bits per heavy atom. The third-order valence-corrected chi connectivity index (χ3v) is 2.64. The molecule has 0 heterocycles.